The molecule has 0 saturated carbocycles. The number of aryl methyl sites for hydroxylation is 1. The first-order valence-corrected chi connectivity index (χ1v) is 4.93. The fourth-order valence-corrected chi connectivity index (χ4v) is 1.29. The molecule has 1 N–H and O–H groups in total. The molecule has 5 heteroatoms. The van der Waals surface area contributed by atoms with Gasteiger partial charge in [-0.2, -0.15) is 5.26 Å². The van der Waals surface area contributed by atoms with Crippen molar-refractivity contribution in [2.45, 2.75) is 6.92 Å². The van der Waals surface area contributed by atoms with Gasteiger partial charge in [0.2, 0.25) is 5.76 Å². The van der Waals surface area contributed by atoms with E-state index >= 15 is 0 Å². The minimum absolute atomic E-state index is 0.159. The number of aromatic nitrogens is 1. The van der Waals surface area contributed by atoms with E-state index in [0.717, 1.165) is 0 Å². The molecule has 0 aliphatic rings. The minimum atomic E-state index is -0.365. The largest absolute Gasteiger partial charge is 0.436 e. The lowest BCUT2D eigenvalue weighted by Crippen LogP contribution is -2.10. The molecule has 84 valence electrons. The van der Waals surface area contributed by atoms with Crippen molar-refractivity contribution >= 4 is 11.6 Å². The summed E-state index contributed by atoms with van der Waals surface area (Å²) < 4.78 is 5.09. The number of hydrogen-bond donors (Lipinski definition) is 1. The summed E-state index contributed by atoms with van der Waals surface area (Å²) in [5.74, 6) is 0.233. The lowest BCUT2D eigenvalue weighted by Gasteiger charge is -2.01. The third-order valence-electron chi connectivity index (χ3n) is 2.12. The van der Waals surface area contributed by atoms with Crippen LogP contribution in [-0.4, -0.2) is 10.9 Å². The van der Waals surface area contributed by atoms with Gasteiger partial charge in [-0.15, -0.1) is 0 Å². The van der Waals surface area contributed by atoms with Gasteiger partial charge in [0.1, 0.15) is 0 Å². The van der Waals surface area contributed by atoms with Crippen molar-refractivity contribution in [1.29, 1.82) is 5.26 Å². The zero-order valence-corrected chi connectivity index (χ0v) is 9.10. The first kappa shape index (κ1) is 10.9. The molecule has 0 aliphatic carbocycles. The maximum atomic E-state index is 11.7. The Labute approximate surface area is 97.7 Å². The Hall–Kier alpha value is -2.61. The summed E-state index contributed by atoms with van der Waals surface area (Å²) in [5.41, 5.74) is 1.14. The molecule has 1 heterocycles. The predicted octanol–water partition coefficient (Wildman–Crippen LogP) is 2.11. The monoisotopic (exact) mass is 227 g/mol. The van der Waals surface area contributed by atoms with E-state index in [1.165, 1.54) is 6.20 Å². The van der Waals surface area contributed by atoms with Crippen LogP contribution in [0.4, 0.5) is 5.69 Å². The highest BCUT2D eigenvalue weighted by molar-refractivity contribution is 6.02. The average molecular weight is 227 g/mol. The van der Waals surface area contributed by atoms with Crippen molar-refractivity contribution in [3.63, 3.8) is 0 Å². The number of carbonyl (C=O) groups excluding carboxylic acids is 1. The van der Waals surface area contributed by atoms with Crippen LogP contribution in [0.1, 0.15) is 22.0 Å². The maximum absolute atomic E-state index is 11.7. The number of oxazole rings is 1. The van der Waals surface area contributed by atoms with Crippen LogP contribution >= 0.6 is 0 Å². The topological polar surface area (TPSA) is 78.9 Å². The smallest absolute Gasteiger partial charge is 0.293 e. The summed E-state index contributed by atoms with van der Waals surface area (Å²) in [6.07, 6.45) is 1.37. The second kappa shape index (κ2) is 4.49. The number of nitrogens with one attached hydrogen (secondary N) is 1. The summed E-state index contributed by atoms with van der Waals surface area (Å²) in [5, 5.41) is 11.3. The molecule has 0 aliphatic heterocycles. The van der Waals surface area contributed by atoms with Crippen molar-refractivity contribution in [1.82, 2.24) is 4.98 Å². The van der Waals surface area contributed by atoms with Gasteiger partial charge in [-0.05, 0) is 24.3 Å². The molecule has 1 aromatic carbocycles. The summed E-state index contributed by atoms with van der Waals surface area (Å²) in [6, 6.07) is 8.56. The van der Waals surface area contributed by atoms with Gasteiger partial charge in [0.15, 0.2) is 5.89 Å². The Morgan fingerprint density at radius 1 is 1.41 bits per heavy atom. The van der Waals surface area contributed by atoms with Gasteiger partial charge in [0.25, 0.3) is 5.91 Å². The Morgan fingerprint density at radius 3 is 2.65 bits per heavy atom. The van der Waals surface area contributed by atoms with E-state index in [0.29, 0.717) is 17.1 Å². The van der Waals surface area contributed by atoms with Crippen LogP contribution < -0.4 is 5.32 Å². The number of hydrogen-bond acceptors (Lipinski definition) is 4. The number of benzene rings is 1. The lowest BCUT2D eigenvalue weighted by molar-refractivity contribution is 0.0995. The Balaban J connectivity index is 2.11. The van der Waals surface area contributed by atoms with E-state index in [9.17, 15) is 4.79 Å². The normalized spacial score (nSPS) is 9.65. The molecular weight excluding hydrogens is 218 g/mol. The number of nitriles is 1. The fraction of sp³-hybridized carbons (Fsp3) is 0.0833. The van der Waals surface area contributed by atoms with Gasteiger partial charge in [-0.25, -0.2) is 4.98 Å². The van der Waals surface area contributed by atoms with Crippen LogP contribution in [0, 0.1) is 18.3 Å². The molecule has 2 aromatic rings. The molecule has 0 radical (unpaired) electrons. The zero-order chi connectivity index (χ0) is 12.3. The predicted molar refractivity (Wildman–Crippen MR) is 60.4 cm³/mol. The molecule has 1 aromatic heterocycles. The van der Waals surface area contributed by atoms with E-state index in [1.807, 2.05) is 6.07 Å². The van der Waals surface area contributed by atoms with Crippen molar-refractivity contribution in [3.8, 4) is 6.07 Å². The van der Waals surface area contributed by atoms with Gasteiger partial charge in [-0.3, -0.25) is 4.79 Å². The Kier molecular flexibility index (Phi) is 2.88. The van der Waals surface area contributed by atoms with Gasteiger partial charge in [0.05, 0.1) is 17.8 Å². The molecule has 0 fully saturated rings. The molecule has 0 spiro atoms. The zero-order valence-electron chi connectivity index (χ0n) is 9.10. The third kappa shape index (κ3) is 2.49. The van der Waals surface area contributed by atoms with Gasteiger partial charge in [-0.1, -0.05) is 0 Å². The van der Waals surface area contributed by atoms with Crippen LogP contribution in [0.3, 0.4) is 0 Å². The van der Waals surface area contributed by atoms with E-state index in [2.05, 4.69) is 10.3 Å². The van der Waals surface area contributed by atoms with E-state index in [4.69, 9.17) is 9.68 Å². The summed E-state index contributed by atoms with van der Waals surface area (Å²) in [4.78, 5) is 15.5. The van der Waals surface area contributed by atoms with E-state index in [1.54, 1.807) is 31.2 Å². The fourth-order valence-electron chi connectivity index (χ4n) is 1.29. The van der Waals surface area contributed by atoms with Crippen molar-refractivity contribution in [3.05, 3.63) is 47.7 Å². The van der Waals surface area contributed by atoms with Crippen molar-refractivity contribution < 1.29 is 9.21 Å². The quantitative estimate of drug-likeness (QED) is 0.852. The molecule has 0 saturated heterocycles. The number of rotatable bonds is 2. The highest BCUT2D eigenvalue weighted by Gasteiger charge is 2.10. The molecule has 1 amide bonds. The number of amides is 1. The van der Waals surface area contributed by atoms with Crippen LogP contribution in [0.5, 0.6) is 0 Å². The molecule has 5 nitrogen and oxygen atoms in total. The van der Waals surface area contributed by atoms with Crippen LogP contribution in [-0.2, 0) is 0 Å². The standard InChI is InChI=1S/C12H9N3O2/c1-8-14-7-11(17-8)12(16)15-10-4-2-9(6-13)3-5-10/h2-5,7H,1H3,(H,15,16). The summed E-state index contributed by atoms with van der Waals surface area (Å²) in [7, 11) is 0. The molecule has 0 atom stereocenters. The Bertz CT molecular complexity index is 579. The lowest BCUT2D eigenvalue weighted by atomic mass is 10.2. The first-order chi connectivity index (χ1) is 8.19. The summed E-state index contributed by atoms with van der Waals surface area (Å²) >= 11 is 0. The van der Waals surface area contributed by atoms with Crippen LogP contribution in [0.15, 0.2) is 34.9 Å². The van der Waals surface area contributed by atoms with Crippen LogP contribution in [0.2, 0.25) is 0 Å². The van der Waals surface area contributed by atoms with E-state index in [-0.39, 0.29) is 11.7 Å². The van der Waals surface area contributed by atoms with Crippen molar-refractivity contribution in [2.24, 2.45) is 0 Å². The molecular formula is C12H9N3O2. The van der Waals surface area contributed by atoms with Gasteiger partial charge >= 0.3 is 0 Å². The molecule has 17 heavy (non-hydrogen) atoms. The summed E-state index contributed by atoms with van der Waals surface area (Å²) in [6.45, 7) is 1.67. The second-order valence-corrected chi connectivity index (χ2v) is 3.39. The molecule has 0 unspecified atom stereocenters. The first-order valence-electron chi connectivity index (χ1n) is 4.93. The SMILES string of the molecule is Cc1ncc(C(=O)Nc2ccc(C#N)cc2)o1. The number of carbonyl (C=O) groups is 1. The number of nitrogens with zero attached hydrogens (tertiary/aromatic N) is 2. The highest BCUT2D eigenvalue weighted by Crippen LogP contribution is 2.11. The third-order valence-corrected chi connectivity index (χ3v) is 2.12. The van der Waals surface area contributed by atoms with Gasteiger partial charge < -0.3 is 9.73 Å². The minimum Gasteiger partial charge on any atom is -0.436 e. The Morgan fingerprint density at radius 2 is 2.12 bits per heavy atom. The number of anilines is 1. The van der Waals surface area contributed by atoms with Crippen molar-refractivity contribution in [2.75, 3.05) is 5.32 Å². The molecule has 0 bridgehead atoms. The highest BCUT2D eigenvalue weighted by atomic mass is 16.4. The van der Waals surface area contributed by atoms with E-state index < -0.39 is 0 Å². The molecule has 2 rings (SSSR count). The second-order valence-electron chi connectivity index (χ2n) is 3.39. The maximum Gasteiger partial charge on any atom is 0.293 e. The van der Waals surface area contributed by atoms with Crippen LogP contribution in [0.25, 0.3) is 0 Å². The average Bonchev–Trinajstić information content (AvgIpc) is 2.77. The van der Waals surface area contributed by atoms with Gasteiger partial charge in [0, 0.05) is 12.6 Å².